The largest absolute Gasteiger partial charge is 0.490 e. The van der Waals surface area contributed by atoms with Gasteiger partial charge in [0.1, 0.15) is 24.7 Å². The summed E-state index contributed by atoms with van der Waals surface area (Å²) in [5.74, 6) is 1.45. The van der Waals surface area contributed by atoms with Crippen LogP contribution in [0.15, 0.2) is 79.1 Å². The topological polar surface area (TPSA) is 75.7 Å². The van der Waals surface area contributed by atoms with Gasteiger partial charge in [-0.3, -0.25) is 4.98 Å². The van der Waals surface area contributed by atoms with Gasteiger partial charge in [-0.15, -0.1) is 24.8 Å². The Morgan fingerprint density at radius 1 is 1.00 bits per heavy atom. The lowest BCUT2D eigenvalue weighted by atomic mass is 10.2. The van der Waals surface area contributed by atoms with E-state index in [1.54, 1.807) is 12.4 Å². The highest BCUT2D eigenvalue weighted by atomic mass is 35.5. The number of halogens is 2. The van der Waals surface area contributed by atoms with E-state index in [1.807, 2.05) is 71.6 Å². The molecule has 2 heterocycles. The van der Waals surface area contributed by atoms with Crippen molar-refractivity contribution in [3.63, 3.8) is 0 Å². The summed E-state index contributed by atoms with van der Waals surface area (Å²) in [5, 5.41) is 6.30. The minimum absolute atomic E-state index is 0. The maximum absolute atomic E-state index is 12.9. The number of hydrogen-bond donors (Lipinski definition) is 2. The summed E-state index contributed by atoms with van der Waals surface area (Å²) in [4.78, 5) is 18.7. The van der Waals surface area contributed by atoms with E-state index in [-0.39, 0.29) is 36.9 Å². The molecule has 1 aromatic heterocycles. The Morgan fingerprint density at radius 3 is 2.52 bits per heavy atom. The number of aromatic nitrogens is 1. The van der Waals surface area contributed by atoms with Crippen molar-refractivity contribution in [2.75, 3.05) is 31.6 Å². The molecule has 1 saturated heterocycles. The summed E-state index contributed by atoms with van der Waals surface area (Å²) in [7, 11) is 0. The lowest BCUT2D eigenvalue weighted by Gasteiger charge is -2.35. The zero-order valence-corrected chi connectivity index (χ0v) is 19.7. The number of anilines is 1. The standard InChI is InChI=1S/C24H26N4O3.2ClH/c29-24(28-14-13-26-15-21(28)18-31-23-7-4-12-25-16-23)27-20-8-10-22(11-9-20)30-17-19-5-2-1-3-6-19;;/h1-12,16,21,26H,13-15,17-18H2,(H,27,29);2*1H. The summed E-state index contributed by atoms with van der Waals surface area (Å²) >= 11 is 0. The van der Waals surface area contributed by atoms with Crippen LogP contribution in [0.4, 0.5) is 10.5 Å². The number of amides is 2. The molecule has 0 aliphatic carbocycles. The molecule has 9 heteroatoms. The van der Waals surface area contributed by atoms with Crippen molar-refractivity contribution in [2.45, 2.75) is 12.6 Å². The van der Waals surface area contributed by atoms with Gasteiger partial charge in [0.25, 0.3) is 0 Å². The number of urea groups is 1. The second-order valence-corrected chi connectivity index (χ2v) is 7.28. The van der Waals surface area contributed by atoms with Gasteiger partial charge in [-0.05, 0) is 42.0 Å². The Bertz CT molecular complexity index is 962. The average Bonchev–Trinajstić information content (AvgIpc) is 2.84. The normalized spacial score (nSPS) is 14.9. The molecule has 2 aromatic carbocycles. The van der Waals surface area contributed by atoms with Gasteiger partial charge in [0.15, 0.2) is 0 Å². The fourth-order valence-electron chi connectivity index (χ4n) is 3.37. The number of ether oxygens (including phenoxy) is 2. The predicted molar refractivity (Wildman–Crippen MR) is 134 cm³/mol. The molecule has 1 atom stereocenters. The minimum Gasteiger partial charge on any atom is -0.490 e. The monoisotopic (exact) mass is 490 g/mol. The van der Waals surface area contributed by atoms with Crippen LogP contribution in [0.1, 0.15) is 5.56 Å². The number of carbonyl (C=O) groups is 1. The molecule has 7 nitrogen and oxygen atoms in total. The summed E-state index contributed by atoms with van der Waals surface area (Å²) < 4.78 is 11.6. The number of piperazine rings is 1. The summed E-state index contributed by atoms with van der Waals surface area (Å²) in [6, 6.07) is 20.9. The molecule has 0 bridgehead atoms. The van der Waals surface area contributed by atoms with E-state index >= 15 is 0 Å². The number of carbonyl (C=O) groups excluding carboxylic acids is 1. The van der Waals surface area contributed by atoms with Crippen LogP contribution in [-0.2, 0) is 6.61 Å². The number of rotatable bonds is 7. The van der Waals surface area contributed by atoms with Crippen molar-refractivity contribution in [2.24, 2.45) is 0 Å². The molecule has 2 N–H and O–H groups in total. The summed E-state index contributed by atoms with van der Waals surface area (Å²) in [6.45, 7) is 2.96. The Balaban J connectivity index is 0.00000193. The highest BCUT2D eigenvalue weighted by Crippen LogP contribution is 2.18. The summed E-state index contributed by atoms with van der Waals surface area (Å²) in [6.07, 6.45) is 3.37. The molecule has 0 spiro atoms. The maximum atomic E-state index is 12.9. The molecule has 0 radical (unpaired) electrons. The third kappa shape index (κ3) is 7.82. The van der Waals surface area contributed by atoms with Gasteiger partial charge in [-0.1, -0.05) is 30.3 Å². The third-order valence-corrected chi connectivity index (χ3v) is 5.04. The highest BCUT2D eigenvalue weighted by molar-refractivity contribution is 5.89. The fraction of sp³-hybridized carbons (Fsp3) is 0.250. The molecule has 1 unspecified atom stereocenters. The van der Waals surface area contributed by atoms with Gasteiger partial charge in [0, 0.05) is 31.5 Å². The first-order valence-electron chi connectivity index (χ1n) is 10.4. The number of benzene rings is 2. The van der Waals surface area contributed by atoms with Gasteiger partial charge < -0.3 is 25.0 Å². The van der Waals surface area contributed by atoms with Crippen molar-refractivity contribution in [1.82, 2.24) is 15.2 Å². The molecule has 176 valence electrons. The molecule has 0 saturated carbocycles. The van der Waals surface area contributed by atoms with Crippen molar-refractivity contribution >= 4 is 36.5 Å². The molecule has 2 amide bonds. The van der Waals surface area contributed by atoms with Crippen LogP contribution in [0.5, 0.6) is 11.5 Å². The van der Waals surface area contributed by atoms with Crippen LogP contribution < -0.4 is 20.1 Å². The highest BCUT2D eigenvalue weighted by Gasteiger charge is 2.27. The molecule has 1 aliphatic rings. The minimum atomic E-state index is -0.140. The quantitative estimate of drug-likeness (QED) is 0.513. The van der Waals surface area contributed by atoms with E-state index < -0.39 is 0 Å². The van der Waals surface area contributed by atoms with E-state index in [0.29, 0.717) is 32.1 Å². The van der Waals surface area contributed by atoms with Gasteiger partial charge in [0.05, 0.1) is 12.2 Å². The molecule has 1 aliphatic heterocycles. The Morgan fingerprint density at radius 2 is 1.79 bits per heavy atom. The Hall–Kier alpha value is -3.00. The molecule has 1 fully saturated rings. The first-order chi connectivity index (χ1) is 15.3. The van der Waals surface area contributed by atoms with Crippen molar-refractivity contribution in [1.29, 1.82) is 0 Å². The van der Waals surface area contributed by atoms with Crippen LogP contribution in [0.3, 0.4) is 0 Å². The molecule has 3 aromatic rings. The first kappa shape index (κ1) is 26.3. The number of nitrogens with one attached hydrogen (secondary N) is 2. The molecule has 4 rings (SSSR count). The summed E-state index contributed by atoms with van der Waals surface area (Å²) in [5.41, 5.74) is 1.83. The maximum Gasteiger partial charge on any atom is 0.322 e. The van der Waals surface area contributed by atoms with E-state index in [9.17, 15) is 4.79 Å². The van der Waals surface area contributed by atoms with Gasteiger partial charge in [-0.25, -0.2) is 4.79 Å². The zero-order chi connectivity index (χ0) is 21.3. The van der Waals surface area contributed by atoms with E-state index in [1.165, 1.54) is 0 Å². The van der Waals surface area contributed by atoms with E-state index in [4.69, 9.17) is 9.47 Å². The second kappa shape index (κ2) is 13.5. The van der Waals surface area contributed by atoms with E-state index in [0.717, 1.165) is 23.5 Å². The van der Waals surface area contributed by atoms with Crippen molar-refractivity contribution < 1.29 is 14.3 Å². The van der Waals surface area contributed by atoms with Crippen molar-refractivity contribution in [3.8, 4) is 11.5 Å². The van der Waals surface area contributed by atoms with Crippen LogP contribution in [-0.4, -0.2) is 48.2 Å². The van der Waals surface area contributed by atoms with Crippen LogP contribution in [0.2, 0.25) is 0 Å². The smallest absolute Gasteiger partial charge is 0.322 e. The molecular formula is C24H28Cl2N4O3. The van der Waals surface area contributed by atoms with Gasteiger partial charge in [-0.2, -0.15) is 0 Å². The van der Waals surface area contributed by atoms with E-state index in [2.05, 4.69) is 15.6 Å². The lowest BCUT2D eigenvalue weighted by Crippen LogP contribution is -2.57. The van der Waals surface area contributed by atoms with Gasteiger partial charge in [0.2, 0.25) is 0 Å². The molecule has 33 heavy (non-hydrogen) atoms. The lowest BCUT2D eigenvalue weighted by molar-refractivity contribution is 0.133. The second-order valence-electron chi connectivity index (χ2n) is 7.28. The predicted octanol–water partition coefficient (Wildman–Crippen LogP) is 4.39. The Labute approximate surface area is 206 Å². The van der Waals surface area contributed by atoms with Crippen LogP contribution in [0, 0.1) is 0 Å². The average molecular weight is 491 g/mol. The van der Waals surface area contributed by atoms with Crippen LogP contribution >= 0.6 is 24.8 Å². The van der Waals surface area contributed by atoms with Crippen molar-refractivity contribution in [3.05, 3.63) is 84.7 Å². The number of nitrogens with zero attached hydrogens (tertiary/aromatic N) is 2. The zero-order valence-electron chi connectivity index (χ0n) is 18.1. The Kier molecular flexibility index (Phi) is 10.8. The van der Waals surface area contributed by atoms with Gasteiger partial charge >= 0.3 is 6.03 Å². The SMILES string of the molecule is Cl.Cl.O=C(Nc1ccc(OCc2ccccc2)cc1)N1CCNCC1COc1cccnc1. The van der Waals surface area contributed by atoms with Crippen LogP contribution in [0.25, 0.3) is 0 Å². The fourth-order valence-corrected chi connectivity index (χ4v) is 3.37. The number of pyridine rings is 1. The first-order valence-corrected chi connectivity index (χ1v) is 10.4. The number of hydrogen-bond acceptors (Lipinski definition) is 5. The third-order valence-electron chi connectivity index (χ3n) is 5.04. The molecular weight excluding hydrogens is 463 g/mol.